The molecule has 24 heavy (non-hydrogen) atoms. The molecule has 3 N–H and O–H groups in total. The van der Waals surface area contributed by atoms with E-state index < -0.39 is 6.04 Å². The van der Waals surface area contributed by atoms with Crippen LogP contribution in [0.25, 0.3) is 0 Å². The Morgan fingerprint density at radius 1 is 1.38 bits per heavy atom. The van der Waals surface area contributed by atoms with Crippen molar-refractivity contribution in [1.29, 1.82) is 0 Å². The number of hydrogen-bond donors (Lipinski definition) is 2. The second kappa shape index (κ2) is 9.88. The van der Waals surface area contributed by atoms with Crippen molar-refractivity contribution < 1.29 is 14.3 Å². The molecule has 1 aliphatic heterocycles. The lowest BCUT2D eigenvalue weighted by molar-refractivity contribution is -0.118. The van der Waals surface area contributed by atoms with Gasteiger partial charge in [0.1, 0.15) is 6.04 Å². The highest BCUT2D eigenvalue weighted by Gasteiger charge is 2.22. The SMILES string of the molecule is COCC(N)C(=O)Nc1cccc(C(=O)N2CCSCC2)c1C.Cl. The molecule has 1 unspecified atom stereocenters. The quantitative estimate of drug-likeness (QED) is 0.817. The molecule has 1 atom stereocenters. The van der Waals surface area contributed by atoms with E-state index in [1.807, 2.05) is 23.6 Å². The summed E-state index contributed by atoms with van der Waals surface area (Å²) in [6.07, 6.45) is 0. The van der Waals surface area contributed by atoms with Gasteiger partial charge in [0.05, 0.1) is 6.61 Å². The Balaban J connectivity index is 0.00000288. The molecule has 0 saturated carbocycles. The van der Waals surface area contributed by atoms with Gasteiger partial charge in [0.2, 0.25) is 5.91 Å². The number of rotatable bonds is 5. The summed E-state index contributed by atoms with van der Waals surface area (Å²) in [5, 5.41) is 2.77. The van der Waals surface area contributed by atoms with Gasteiger partial charge in [-0.2, -0.15) is 11.8 Å². The fraction of sp³-hybridized carbons (Fsp3) is 0.500. The van der Waals surface area contributed by atoms with Crippen LogP contribution in [0.4, 0.5) is 5.69 Å². The third-order valence-electron chi connectivity index (χ3n) is 3.80. The summed E-state index contributed by atoms with van der Waals surface area (Å²) in [7, 11) is 1.49. The van der Waals surface area contributed by atoms with Gasteiger partial charge in [0.25, 0.3) is 5.91 Å². The molecule has 0 aliphatic carbocycles. The van der Waals surface area contributed by atoms with Crippen molar-refractivity contribution in [3.63, 3.8) is 0 Å². The highest BCUT2D eigenvalue weighted by Crippen LogP contribution is 2.22. The fourth-order valence-corrected chi connectivity index (χ4v) is 3.32. The van der Waals surface area contributed by atoms with Crippen molar-refractivity contribution in [3.8, 4) is 0 Å². The number of nitrogens with one attached hydrogen (secondary N) is 1. The Hall–Kier alpha value is -1.28. The monoisotopic (exact) mass is 373 g/mol. The maximum absolute atomic E-state index is 12.7. The van der Waals surface area contributed by atoms with Gasteiger partial charge in [0, 0.05) is 43.0 Å². The van der Waals surface area contributed by atoms with Crippen LogP contribution in [-0.4, -0.2) is 61.1 Å². The number of benzene rings is 1. The molecule has 1 saturated heterocycles. The maximum atomic E-state index is 12.7. The van der Waals surface area contributed by atoms with Crippen LogP contribution in [0.1, 0.15) is 15.9 Å². The summed E-state index contributed by atoms with van der Waals surface area (Å²) < 4.78 is 4.89. The molecule has 1 fully saturated rings. The normalized spacial score (nSPS) is 15.4. The number of ether oxygens (including phenoxy) is 1. The summed E-state index contributed by atoms with van der Waals surface area (Å²) in [5.74, 6) is 1.62. The Morgan fingerprint density at radius 2 is 2.04 bits per heavy atom. The first-order chi connectivity index (χ1) is 11.0. The highest BCUT2D eigenvalue weighted by molar-refractivity contribution is 7.99. The molecular formula is C16H24ClN3O3S. The molecule has 1 heterocycles. The van der Waals surface area contributed by atoms with Crippen molar-refractivity contribution in [3.05, 3.63) is 29.3 Å². The van der Waals surface area contributed by atoms with Gasteiger partial charge in [-0.05, 0) is 24.6 Å². The Labute approximate surface area is 152 Å². The van der Waals surface area contributed by atoms with Crippen LogP contribution in [0.5, 0.6) is 0 Å². The van der Waals surface area contributed by atoms with Crippen molar-refractivity contribution in [2.75, 3.05) is 43.6 Å². The molecule has 134 valence electrons. The number of thioether (sulfide) groups is 1. The Morgan fingerprint density at radius 3 is 2.67 bits per heavy atom. The van der Waals surface area contributed by atoms with Crippen molar-refractivity contribution >= 4 is 41.7 Å². The average molecular weight is 374 g/mol. The number of carbonyl (C=O) groups is 2. The molecule has 0 spiro atoms. The second-order valence-electron chi connectivity index (χ2n) is 5.43. The number of methoxy groups -OCH3 is 1. The third-order valence-corrected chi connectivity index (χ3v) is 4.75. The van der Waals surface area contributed by atoms with Crippen LogP contribution in [-0.2, 0) is 9.53 Å². The molecule has 0 aromatic heterocycles. The van der Waals surface area contributed by atoms with Gasteiger partial charge in [-0.15, -0.1) is 12.4 Å². The predicted molar refractivity (Wildman–Crippen MR) is 100 cm³/mol. The van der Waals surface area contributed by atoms with Crippen molar-refractivity contribution in [2.45, 2.75) is 13.0 Å². The van der Waals surface area contributed by atoms with Gasteiger partial charge in [-0.3, -0.25) is 9.59 Å². The second-order valence-corrected chi connectivity index (χ2v) is 6.66. The van der Waals surface area contributed by atoms with Gasteiger partial charge in [-0.1, -0.05) is 6.07 Å². The third kappa shape index (κ3) is 5.11. The predicted octanol–water partition coefficient (Wildman–Crippen LogP) is 1.52. The van der Waals surface area contributed by atoms with E-state index in [2.05, 4.69) is 5.32 Å². The van der Waals surface area contributed by atoms with E-state index in [9.17, 15) is 9.59 Å². The summed E-state index contributed by atoms with van der Waals surface area (Å²) in [6, 6.07) is 4.61. The number of nitrogens with two attached hydrogens (primary N) is 1. The van der Waals surface area contributed by atoms with E-state index in [0.29, 0.717) is 11.3 Å². The largest absolute Gasteiger partial charge is 0.383 e. The number of carbonyl (C=O) groups excluding carboxylic acids is 2. The number of anilines is 1. The highest BCUT2D eigenvalue weighted by atomic mass is 35.5. The zero-order valence-corrected chi connectivity index (χ0v) is 15.5. The number of hydrogen-bond acceptors (Lipinski definition) is 5. The lowest BCUT2D eigenvalue weighted by Crippen LogP contribution is -2.40. The van der Waals surface area contributed by atoms with E-state index in [1.165, 1.54) is 7.11 Å². The van der Waals surface area contributed by atoms with E-state index >= 15 is 0 Å². The van der Waals surface area contributed by atoms with E-state index in [0.717, 1.165) is 30.2 Å². The summed E-state index contributed by atoms with van der Waals surface area (Å²) in [5.41, 5.74) is 7.71. The first-order valence-electron chi connectivity index (χ1n) is 7.56. The fourth-order valence-electron chi connectivity index (χ4n) is 2.42. The van der Waals surface area contributed by atoms with Crippen LogP contribution in [0.2, 0.25) is 0 Å². The molecule has 0 radical (unpaired) electrons. The first kappa shape index (κ1) is 20.8. The lowest BCUT2D eigenvalue weighted by atomic mass is 10.0. The Bertz CT molecular complexity index is 580. The molecular weight excluding hydrogens is 350 g/mol. The molecule has 1 aliphatic rings. The topological polar surface area (TPSA) is 84.7 Å². The zero-order chi connectivity index (χ0) is 16.8. The molecule has 1 aromatic rings. The molecule has 2 rings (SSSR count). The summed E-state index contributed by atoms with van der Waals surface area (Å²) >= 11 is 1.86. The van der Waals surface area contributed by atoms with Crippen LogP contribution < -0.4 is 11.1 Å². The van der Waals surface area contributed by atoms with E-state index in [4.69, 9.17) is 10.5 Å². The minimum atomic E-state index is -0.738. The smallest absolute Gasteiger partial charge is 0.254 e. The lowest BCUT2D eigenvalue weighted by Gasteiger charge is -2.27. The maximum Gasteiger partial charge on any atom is 0.254 e. The van der Waals surface area contributed by atoms with Gasteiger partial charge in [0.15, 0.2) is 0 Å². The van der Waals surface area contributed by atoms with Crippen LogP contribution in [0.3, 0.4) is 0 Å². The van der Waals surface area contributed by atoms with Crippen molar-refractivity contribution in [2.24, 2.45) is 5.73 Å². The molecule has 0 bridgehead atoms. The Kier molecular flexibility index (Phi) is 8.55. The number of halogens is 1. The zero-order valence-electron chi connectivity index (χ0n) is 13.9. The van der Waals surface area contributed by atoms with Gasteiger partial charge >= 0.3 is 0 Å². The number of nitrogens with zero attached hydrogens (tertiary/aromatic N) is 1. The average Bonchev–Trinajstić information content (AvgIpc) is 2.57. The van der Waals surface area contributed by atoms with Crippen molar-refractivity contribution in [1.82, 2.24) is 4.90 Å². The molecule has 6 nitrogen and oxygen atoms in total. The standard InChI is InChI=1S/C16H23N3O3S.ClH/c1-11-12(16(21)19-6-8-23-9-7-19)4-3-5-14(11)18-15(20)13(17)10-22-2;/h3-5,13H,6-10,17H2,1-2H3,(H,18,20);1H. The number of amides is 2. The summed E-state index contributed by atoms with van der Waals surface area (Å²) in [6.45, 7) is 3.51. The molecule has 8 heteroatoms. The van der Waals surface area contributed by atoms with E-state index in [1.54, 1.807) is 18.2 Å². The summed E-state index contributed by atoms with van der Waals surface area (Å²) in [4.78, 5) is 26.5. The minimum Gasteiger partial charge on any atom is -0.383 e. The van der Waals surface area contributed by atoms with Gasteiger partial charge in [-0.25, -0.2) is 0 Å². The van der Waals surface area contributed by atoms with Crippen LogP contribution >= 0.6 is 24.2 Å². The first-order valence-corrected chi connectivity index (χ1v) is 8.72. The van der Waals surface area contributed by atoms with Crippen LogP contribution in [0, 0.1) is 6.92 Å². The van der Waals surface area contributed by atoms with Crippen LogP contribution in [0.15, 0.2) is 18.2 Å². The molecule has 1 aromatic carbocycles. The molecule has 2 amide bonds. The minimum absolute atomic E-state index is 0. The van der Waals surface area contributed by atoms with Gasteiger partial charge < -0.3 is 20.7 Å². The van der Waals surface area contributed by atoms with E-state index in [-0.39, 0.29) is 30.8 Å².